The minimum atomic E-state index is -3.84. The molecule has 8 rings (SSSR count). The van der Waals surface area contributed by atoms with Gasteiger partial charge >= 0.3 is 0 Å². The number of amides is 2. The molecule has 2 saturated carbocycles. The Balaban J connectivity index is 1.34. The Morgan fingerprint density at radius 3 is 2.38 bits per heavy atom. The standard InChI is InChI=1S/C41H49N5O6S/c1-24(2)53(49,50)43-40(47)28-11-15-34-35(19-28)45-22-30(17-29-18-32(51-5)14-16-33(29)39(45)36(34)27-9-7-6-8-10-27)38-37(42-23-46(38)31-12-13-31)41(48)44-20-25(3)52-26(4)21-44/h11,14-19,23-27,31H,6-10,12-13,20-22H2,1-5H3,(H,43,47)/t25-,26+. The number of nitrogens with zero attached hydrogens (tertiary/aromatic N) is 4. The number of nitrogens with one attached hydrogen (secondary N) is 1. The van der Waals surface area contributed by atoms with Crippen LogP contribution < -0.4 is 9.46 Å². The number of methoxy groups -OCH3 is 1. The second kappa shape index (κ2) is 13.8. The number of benzene rings is 2. The number of imidazole rings is 1. The van der Waals surface area contributed by atoms with E-state index in [0.717, 1.165) is 83.3 Å². The number of aromatic nitrogens is 3. The predicted molar refractivity (Wildman–Crippen MR) is 206 cm³/mol. The topological polar surface area (TPSA) is 125 Å². The van der Waals surface area contributed by atoms with E-state index in [0.29, 0.717) is 31.2 Å². The lowest BCUT2D eigenvalue weighted by Gasteiger charge is -2.35. The second-order valence-corrected chi connectivity index (χ2v) is 17.8. The lowest BCUT2D eigenvalue weighted by atomic mass is 9.81. The minimum Gasteiger partial charge on any atom is -0.497 e. The van der Waals surface area contributed by atoms with Gasteiger partial charge in [-0.15, -0.1) is 0 Å². The van der Waals surface area contributed by atoms with Gasteiger partial charge in [0.2, 0.25) is 10.0 Å². The van der Waals surface area contributed by atoms with Gasteiger partial charge in [0.15, 0.2) is 5.69 Å². The molecule has 1 N–H and O–H groups in total. The molecule has 2 aliphatic carbocycles. The summed E-state index contributed by atoms with van der Waals surface area (Å²) in [4.78, 5) is 34.7. The van der Waals surface area contributed by atoms with E-state index in [-0.39, 0.29) is 29.7 Å². The highest BCUT2D eigenvalue weighted by Crippen LogP contribution is 2.49. The zero-order valence-corrected chi connectivity index (χ0v) is 32.0. The molecule has 2 aromatic heterocycles. The van der Waals surface area contributed by atoms with Crippen molar-refractivity contribution in [3.8, 4) is 17.0 Å². The average Bonchev–Trinajstić information content (AvgIpc) is 3.84. The number of fused-ring (bicyclic) bond motifs is 5. The summed E-state index contributed by atoms with van der Waals surface area (Å²) in [5.41, 5.74) is 7.67. The summed E-state index contributed by atoms with van der Waals surface area (Å²) in [5, 5.41) is 0.303. The Morgan fingerprint density at radius 2 is 1.70 bits per heavy atom. The highest BCUT2D eigenvalue weighted by molar-refractivity contribution is 7.90. The summed E-state index contributed by atoms with van der Waals surface area (Å²) in [6, 6.07) is 12.0. The van der Waals surface area contributed by atoms with Crippen LogP contribution in [0.3, 0.4) is 0 Å². The molecule has 1 saturated heterocycles. The summed E-state index contributed by atoms with van der Waals surface area (Å²) < 4.78 is 44.0. The SMILES string of the molecule is COc1ccc2c(c1)C=C(c1c(C(=O)N3C[C@@H](C)O[C@@H](C)C3)ncn1C1CC1)Cn1c-2c(C2CCCCC2)c2ccc(C(=O)NS(=O)(=O)C(C)C)cc21. The Hall–Kier alpha value is -4.42. The number of carbonyl (C=O) groups excluding carboxylic acids is 2. The molecule has 280 valence electrons. The summed E-state index contributed by atoms with van der Waals surface area (Å²) >= 11 is 0. The van der Waals surface area contributed by atoms with Crippen LogP contribution in [0.5, 0.6) is 5.75 Å². The number of sulfonamides is 1. The van der Waals surface area contributed by atoms with Gasteiger partial charge in [0.05, 0.1) is 48.8 Å². The maximum Gasteiger partial charge on any atom is 0.274 e. The molecule has 2 amide bonds. The van der Waals surface area contributed by atoms with E-state index < -0.39 is 21.2 Å². The van der Waals surface area contributed by atoms with Crippen molar-refractivity contribution in [1.82, 2.24) is 23.7 Å². The summed E-state index contributed by atoms with van der Waals surface area (Å²) in [7, 11) is -2.17. The second-order valence-electron chi connectivity index (χ2n) is 15.6. The van der Waals surface area contributed by atoms with Crippen LogP contribution in [-0.2, 0) is 21.3 Å². The van der Waals surface area contributed by atoms with Crippen LogP contribution in [0.4, 0.5) is 0 Å². The number of allylic oxidation sites excluding steroid dienone is 1. The van der Waals surface area contributed by atoms with Crippen LogP contribution in [0.1, 0.15) is 122 Å². The molecule has 12 heteroatoms. The van der Waals surface area contributed by atoms with Gasteiger partial charge in [-0.25, -0.2) is 18.1 Å². The Morgan fingerprint density at radius 1 is 0.962 bits per heavy atom. The van der Waals surface area contributed by atoms with E-state index in [1.165, 1.54) is 12.0 Å². The van der Waals surface area contributed by atoms with Crippen molar-refractivity contribution in [3.05, 3.63) is 70.8 Å². The number of morpholine rings is 1. The van der Waals surface area contributed by atoms with E-state index in [4.69, 9.17) is 14.5 Å². The van der Waals surface area contributed by atoms with Crippen molar-refractivity contribution in [2.75, 3.05) is 20.2 Å². The third-order valence-electron chi connectivity index (χ3n) is 11.4. The molecule has 2 aromatic carbocycles. The molecule has 2 atom stereocenters. The number of hydrogen-bond acceptors (Lipinski definition) is 7. The van der Waals surface area contributed by atoms with Crippen molar-refractivity contribution in [1.29, 1.82) is 0 Å². The molecule has 11 nitrogen and oxygen atoms in total. The first-order valence-electron chi connectivity index (χ1n) is 19.1. The summed E-state index contributed by atoms with van der Waals surface area (Å²) in [5.74, 6) is 0.290. The first-order valence-corrected chi connectivity index (χ1v) is 20.6. The molecule has 4 aromatic rings. The normalized spacial score (nSPS) is 20.9. The zero-order chi connectivity index (χ0) is 37.2. The zero-order valence-electron chi connectivity index (χ0n) is 31.2. The molecule has 2 aliphatic heterocycles. The molecular weight excluding hydrogens is 691 g/mol. The third-order valence-corrected chi connectivity index (χ3v) is 13.1. The largest absolute Gasteiger partial charge is 0.497 e. The first-order chi connectivity index (χ1) is 25.4. The lowest BCUT2D eigenvalue weighted by Crippen LogP contribution is -2.48. The smallest absolute Gasteiger partial charge is 0.274 e. The molecule has 3 fully saturated rings. The first kappa shape index (κ1) is 35.6. The van der Waals surface area contributed by atoms with Crippen LogP contribution in [0.25, 0.3) is 33.8 Å². The van der Waals surface area contributed by atoms with E-state index in [1.54, 1.807) is 27.0 Å². The van der Waals surface area contributed by atoms with E-state index in [2.05, 4.69) is 32.1 Å². The highest BCUT2D eigenvalue weighted by atomic mass is 32.2. The van der Waals surface area contributed by atoms with Gasteiger partial charge in [0, 0.05) is 41.2 Å². The van der Waals surface area contributed by atoms with Gasteiger partial charge in [0.25, 0.3) is 11.8 Å². The third kappa shape index (κ3) is 6.58. The maximum absolute atomic E-state index is 14.4. The highest BCUT2D eigenvalue weighted by Gasteiger charge is 2.36. The van der Waals surface area contributed by atoms with Crippen LogP contribution in [0.2, 0.25) is 0 Å². The van der Waals surface area contributed by atoms with Crippen LogP contribution in [0.15, 0.2) is 42.7 Å². The Labute approximate surface area is 311 Å². The van der Waals surface area contributed by atoms with Crippen molar-refractivity contribution in [2.24, 2.45) is 0 Å². The van der Waals surface area contributed by atoms with E-state index in [9.17, 15) is 18.0 Å². The Bertz CT molecular complexity index is 2230. The molecule has 0 radical (unpaired) electrons. The quantitative estimate of drug-likeness (QED) is 0.203. The Kier molecular flexibility index (Phi) is 9.25. The average molecular weight is 740 g/mol. The molecule has 4 heterocycles. The number of ether oxygens (including phenoxy) is 2. The molecule has 53 heavy (non-hydrogen) atoms. The molecule has 0 spiro atoms. The van der Waals surface area contributed by atoms with Gasteiger partial charge < -0.3 is 23.5 Å². The van der Waals surface area contributed by atoms with Gasteiger partial charge in [-0.3, -0.25) is 9.59 Å². The van der Waals surface area contributed by atoms with Gasteiger partial charge in [-0.05, 0) is 112 Å². The van der Waals surface area contributed by atoms with Gasteiger partial charge in [-0.1, -0.05) is 25.3 Å². The van der Waals surface area contributed by atoms with Gasteiger partial charge in [-0.2, -0.15) is 0 Å². The molecule has 0 unspecified atom stereocenters. The molecule has 4 aliphatic rings. The predicted octanol–water partition coefficient (Wildman–Crippen LogP) is 7.17. The molecule has 0 bridgehead atoms. The number of rotatable bonds is 8. The van der Waals surface area contributed by atoms with E-state index >= 15 is 0 Å². The van der Waals surface area contributed by atoms with Crippen molar-refractivity contribution in [3.63, 3.8) is 0 Å². The van der Waals surface area contributed by atoms with Crippen molar-refractivity contribution in [2.45, 2.75) is 109 Å². The molecular formula is C41H49N5O6S. The van der Waals surface area contributed by atoms with Crippen LogP contribution in [0, 0.1) is 0 Å². The van der Waals surface area contributed by atoms with Gasteiger partial charge in [0.1, 0.15) is 5.75 Å². The maximum atomic E-state index is 14.4. The summed E-state index contributed by atoms with van der Waals surface area (Å²) in [6.07, 6.45) is 11.5. The fraction of sp³-hybridized carbons (Fsp3) is 0.488. The summed E-state index contributed by atoms with van der Waals surface area (Å²) in [6.45, 7) is 8.49. The van der Waals surface area contributed by atoms with Crippen molar-refractivity contribution < 1.29 is 27.5 Å². The minimum absolute atomic E-state index is 0.0815. The van der Waals surface area contributed by atoms with E-state index in [1.807, 2.05) is 43.3 Å². The fourth-order valence-electron chi connectivity index (χ4n) is 8.59. The van der Waals surface area contributed by atoms with Crippen molar-refractivity contribution >= 4 is 44.4 Å². The number of carbonyl (C=O) groups is 2. The van der Waals surface area contributed by atoms with Crippen LogP contribution in [-0.4, -0.2) is 76.9 Å². The monoisotopic (exact) mass is 739 g/mol. The fourth-order valence-corrected chi connectivity index (χ4v) is 9.20. The number of hydrogen-bond donors (Lipinski definition) is 1. The lowest BCUT2D eigenvalue weighted by molar-refractivity contribution is -0.0587. The van der Waals surface area contributed by atoms with Crippen LogP contribution >= 0.6 is 0 Å².